The molecule has 3 N–H and O–H groups in total. The van der Waals surface area contributed by atoms with Gasteiger partial charge in [0.25, 0.3) is 0 Å². The molecule has 0 fully saturated rings. The Balaban J connectivity index is 2.08. The van der Waals surface area contributed by atoms with Gasteiger partial charge in [0.1, 0.15) is 0 Å². The highest BCUT2D eigenvalue weighted by Gasteiger charge is 2.10. The Kier molecular flexibility index (Phi) is 6.16. The molecule has 1 aromatic heterocycles. The van der Waals surface area contributed by atoms with Crippen LogP contribution in [0.1, 0.15) is 47.7 Å². The molecule has 1 heterocycles. The van der Waals surface area contributed by atoms with E-state index in [1.54, 1.807) is 11.3 Å². The number of hydrogen-bond acceptors (Lipinski definition) is 3. The Morgan fingerprint density at radius 1 is 1.30 bits per heavy atom. The predicted molar refractivity (Wildman–Crippen MR) is 101 cm³/mol. The molecule has 0 spiro atoms. The van der Waals surface area contributed by atoms with Gasteiger partial charge in [0, 0.05) is 22.7 Å². The van der Waals surface area contributed by atoms with Crippen molar-refractivity contribution in [2.45, 2.75) is 46.5 Å². The average Bonchev–Trinajstić information content (AvgIpc) is 2.99. The number of guanidine groups is 1. The van der Waals surface area contributed by atoms with Crippen molar-refractivity contribution in [1.82, 2.24) is 4.98 Å². The summed E-state index contributed by atoms with van der Waals surface area (Å²) in [7, 11) is 0. The highest BCUT2D eigenvalue weighted by atomic mass is 32.1. The number of nitrogens with two attached hydrogens (primary N) is 1. The van der Waals surface area contributed by atoms with Gasteiger partial charge in [-0.1, -0.05) is 39.0 Å². The molecule has 0 aliphatic carbocycles. The Hall–Kier alpha value is -1.88. The lowest BCUT2D eigenvalue weighted by molar-refractivity contribution is 0.766. The standard InChI is InChI=1S/C18H26N4S/c1-5-14-8-7-9-15(6-2)16(14)22-18(19)21-10-12(3)17-20-11-13(4)23-17/h7-9,11-12H,5-6,10H2,1-4H3,(H3,19,21,22). The summed E-state index contributed by atoms with van der Waals surface area (Å²) < 4.78 is 0. The fourth-order valence-corrected chi connectivity index (χ4v) is 3.30. The van der Waals surface area contributed by atoms with Crippen molar-refractivity contribution in [3.05, 3.63) is 45.4 Å². The number of rotatable bonds is 6. The maximum Gasteiger partial charge on any atom is 0.193 e. The second-order valence-corrected chi connectivity index (χ2v) is 6.99. The quantitative estimate of drug-likeness (QED) is 0.619. The number of aryl methyl sites for hydroxylation is 3. The lowest BCUT2D eigenvalue weighted by Gasteiger charge is -2.15. The Morgan fingerprint density at radius 2 is 1.96 bits per heavy atom. The monoisotopic (exact) mass is 330 g/mol. The summed E-state index contributed by atoms with van der Waals surface area (Å²) in [6, 6.07) is 6.37. The SMILES string of the molecule is CCc1cccc(CC)c1NC(N)=NCC(C)c1ncc(C)s1. The number of para-hydroxylation sites is 1. The van der Waals surface area contributed by atoms with E-state index in [0.717, 1.165) is 23.5 Å². The molecule has 2 aromatic rings. The third-order valence-electron chi connectivity index (χ3n) is 3.85. The smallest absolute Gasteiger partial charge is 0.193 e. The maximum absolute atomic E-state index is 6.11. The number of hydrogen-bond donors (Lipinski definition) is 2. The van der Waals surface area contributed by atoms with Crippen LogP contribution in [0.25, 0.3) is 0 Å². The normalized spacial score (nSPS) is 13.1. The first-order chi connectivity index (χ1) is 11.0. The van der Waals surface area contributed by atoms with Crippen LogP contribution in [0.4, 0.5) is 5.69 Å². The molecule has 0 bridgehead atoms. The fraction of sp³-hybridized carbons (Fsp3) is 0.444. The van der Waals surface area contributed by atoms with Gasteiger partial charge in [-0.3, -0.25) is 4.99 Å². The van der Waals surface area contributed by atoms with E-state index in [2.05, 4.69) is 61.2 Å². The Morgan fingerprint density at radius 3 is 2.48 bits per heavy atom. The molecule has 0 aliphatic heterocycles. The number of aromatic nitrogens is 1. The zero-order valence-electron chi connectivity index (χ0n) is 14.4. The highest BCUT2D eigenvalue weighted by molar-refractivity contribution is 7.11. The van der Waals surface area contributed by atoms with Crippen molar-refractivity contribution in [2.24, 2.45) is 10.7 Å². The minimum Gasteiger partial charge on any atom is -0.370 e. The summed E-state index contributed by atoms with van der Waals surface area (Å²) >= 11 is 1.72. The minimum atomic E-state index is 0.279. The number of nitrogens with one attached hydrogen (secondary N) is 1. The predicted octanol–water partition coefficient (Wildman–Crippen LogP) is 4.11. The van der Waals surface area contributed by atoms with Gasteiger partial charge in [-0.05, 0) is 30.9 Å². The lowest BCUT2D eigenvalue weighted by atomic mass is 10.0. The lowest BCUT2D eigenvalue weighted by Crippen LogP contribution is -2.25. The van der Waals surface area contributed by atoms with Gasteiger partial charge in [-0.15, -0.1) is 11.3 Å². The van der Waals surface area contributed by atoms with Crippen LogP contribution >= 0.6 is 11.3 Å². The zero-order chi connectivity index (χ0) is 16.8. The summed E-state index contributed by atoms with van der Waals surface area (Å²) in [5.41, 5.74) is 9.75. The van der Waals surface area contributed by atoms with Crippen molar-refractivity contribution in [2.75, 3.05) is 11.9 Å². The largest absolute Gasteiger partial charge is 0.370 e. The van der Waals surface area contributed by atoms with Gasteiger partial charge < -0.3 is 11.1 Å². The Bertz CT molecular complexity index is 653. The van der Waals surface area contributed by atoms with Gasteiger partial charge in [0.15, 0.2) is 5.96 Å². The Labute approximate surface area is 142 Å². The van der Waals surface area contributed by atoms with Crippen LogP contribution in [-0.2, 0) is 12.8 Å². The van der Waals surface area contributed by atoms with E-state index >= 15 is 0 Å². The van der Waals surface area contributed by atoms with Crippen molar-refractivity contribution in [3.8, 4) is 0 Å². The first-order valence-electron chi connectivity index (χ1n) is 8.15. The molecule has 1 aromatic carbocycles. The summed E-state index contributed by atoms with van der Waals surface area (Å²) in [5, 5.41) is 4.42. The van der Waals surface area contributed by atoms with Gasteiger partial charge in [0.2, 0.25) is 0 Å². The van der Waals surface area contributed by atoms with Gasteiger partial charge in [-0.2, -0.15) is 0 Å². The molecule has 0 aliphatic rings. The molecular weight excluding hydrogens is 304 g/mol. The minimum absolute atomic E-state index is 0.279. The first kappa shape index (κ1) is 17.5. The van der Waals surface area contributed by atoms with Crippen molar-refractivity contribution in [1.29, 1.82) is 0 Å². The van der Waals surface area contributed by atoms with Gasteiger partial charge in [-0.25, -0.2) is 4.98 Å². The van der Waals surface area contributed by atoms with Crippen LogP contribution in [0.5, 0.6) is 0 Å². The van der Waals surface area contributed by atoms with E-state index in [-0.39, 0.29) is 5.92 Å². The molecular formula is C18H26N4S. The molecule has 124 valence electrons. The van der Waals surface area contributed by atoms with Crippen molar-refractivity contribution >= 4 is 23.0 Å². The topological polar surface area (TPSA) is 63.3 Å². The van der Waals surface area contributed by atoms with Crippen LogP contribution in [0, 0.1) is 6.92 Å². The van der Waals surface area contributed by atoms with E-state index in [9.17, 15) is 0 Å². The number of anilines is 1. The van der Waals surface area contributed by atoms with E-state index < -0.39 is 0 Å². The molecule has 4 nitrogen and oxygen atoms in total. The molecule has 0 saturated heterocycles. The van der Waals surface area contributed by atoms with Crippen LogP contribution in [0.3, 0.4) is 0 Å². The van der Waals surface area contributed by atoms with Gasteiger partial charge in [0.05, 0.1) is 11.6 Å². The molecule has 1 atom stereocenters. The zero-order valence-corrected chi connectivity index (χ0v) is 15.2. The molecule has 23 heavy (non-hydrogen) atoms. The third-order valence-corrected chi connectivity index (χ3v) is 4.99. The molecule has 0 saturated carbocycles. The number of benzene rings is 1. The number of aliphatic imine (C=N–C) groups is 1. The summed E-state index contributed by atoms with van der Waals surface area (Å²) in [6.45, 7) is 9.15. The summed E-state index contributed by atoms with van der Waals surface area (Å²) in [6.07, 6.45) is 3.85. The maximum atomic E-state index is 6.11. The third kappa shape index (κ3) is 4.55. The van der Waals surface area contributed by atoms with Crippen molar-refractivity contribution < 1.29 is 0 Å². The van der Waals surface area contributed by atoms with Crippen LogP contribution in [0.15, 0.2) is 29.4 Å². The molecule has 0 radical (unpaired) electrons. The van der Waals surface area contributed by atoms with E-state index in [1.807, 2.05) is 6.20 Å². The van der Waals surface area contributed by atoms with Crippen LogP contribution in [-0.4, -0.2) is 17.5 Å². The van der Waals surface area contributed by atoms with Gasteiger partial charge >= 0.3 is 0 Å². The molecule has 1 unspecified atom stereocenters. The summed E-state index contributed by atoms with van der Waals surface area (Å²) in [4.78, 5) is 10.2. The summed E-state index contributed by atoms with van der Waals surface area (Å²) in [5.74, 6) is 0.752. The second-order valence-electron chi connectivity index (χ2n) is 5.72. The van der Waals surface area contributed by atoms with E-state index in [1.165, 1.54) is 16.0 Å². The second kappa shape index (κ2) is 8.11. The average molecular weight is 331 g/mol. The van der Waals surface area contributed by atoms with Crippen LogP contribution < -0.4 is 11.1 Å². The van der Waals surface area contributed by atoms with E-state index in [0.29, 0.717) is 12.5 Å². The van der Waals surface area contributed by atoms with Crippen molar-refractivity contribution in [3.63, 3.8) is 0 Å². The first-order valence-corrected chi connectivity index (χ1v) is 8.96. The highest BCUT2D eigenvalue weighted by Crippen LogP contribution is 2.23. The fourth-order valence-electron chi connectivity index (χ4n) is 2.48. The number of thiazole rings is 1. The van der Waals surface area contributed by atoms with Crippen LogP contribution in [0.2, 0.25) is 0 Å². The molecule has 2 rings (SSSR count). The number of nitrogens with zero attached hydrogens (tertiary/aromatic N) is 2. The molecule has 0 amide bonds. The molecule has 5 heteroatoms. The van der Waals surface area contributed by atoms with E-state index in [4.69, 9.17) is 5.73 Å².